The Kier molecular flexibility index (Phi) is 2.96. The first-order valence-electron chi connectivity index (χ1n) is 6.32. The molecule has 0 saturated carbocycles. The van der Waals surface area contributed by atoms with Crippen molar-refractivity contribution in [1.82, 2.24) is 15.0 Å². The highest BCUT2D eigenvalue weighted by atomic mass is 16.5. The van der Waals surface area contributed by atoms with Crippen molar-refractivity contribution < 1.29 is 9.26 Å². The number of nitrogens with two attached hydrogens (primary N) is 1. The summed E-state index contributed by atoms with van der Waals surface area (Å²) in [6, 6.07) is 0. The van der Waals surface area contributed by atoms with Crippen molar-refractivity contribution in [3.05, 3.63) is 5.89 Å². The summed E-state index contributed by atoms with van der Waals surface area (Å²) < 4.78 is 10.6. The molecule has 2 saturated heterocycles. The molecule has 2 aliphatic rings. The maximum Gasteiger partial charge on any atom is 0.266 e. The van der Waals surface area contributed by atoms with Crippen molar-refractivity contribution in [2.75, 3.05) is 51.3 Å². The van der Waals surface area contributed by atoms with Gasteiger partial charge in [0.2, 0.25) is 0 Å². The average molecular weight is 253 g/mol. The van der Waals surface area contributed by atoms with Gasteiger partial charge < -0.3 is 24.8 Å². The van der Waals surface area contributed by atoms with E-state index in [1.165, 1.54) is 0 Å². The minimum atomic E-state index is -0.599. The van der Waals surface area contributed by atoms with Crippen molar-refractivity contribution >= 4 is 5.95 Å². The van der Waals surface area contributed by atoms with Crippen LogP contribution in [0.15, 0.2) is 4.52 Å². The predicted octanol–water partition coefficient (Wildman–Crippen LogP) is -0.604. The number of rotatable bonds is 2. The van der Waals surface area contributed by atoms with Gasteiger partial charge in [-0.25, -0.2) is 0 Å². The zero-order chi connectivity index (χ0) is 12.6. The first kappa shape index (κ1) is 11.9. The Morgan fingerprint density at radius 1 is 1.28 bits per heavy atom. The zero-order valence-electron chi connectivity index (χ0n) is 10.6. The summed E-state index contributed by atoms with van der Waals surface area (Å²) in [5.41, 5.74) is 5.60. The molecule has 0 aliphatic carbocycles. The molecule has 0 bridgehead atoms. The molecule has 0 aromatic carbocycles. The summed E-state index contributed by atoms with van der Waals surface area (Å²) in [4.78, 5) is 8.85. The van der Waals surface area contributed by atoms with E-state index in [0.717, 1.165) is 32.6 Å². The molecule has 2 fully saturated rings. The molecule has 3 rings (SSSR count). The van der Waals surface area contributed by atoms with Crippen LogP contribution in [-0.4, -0.2) is 61.5 Å². The third-order valence-electron chi connectivity index (χ3n) is 3.68. The molecule has 1 aromatic heterocycles. The first-order valence-corrected chi connectivity index (χ1v) is 6.32. The summed E-state index contributed by atoms with van der Waals surface area (Å²) in [6.45, 7) is 4.98. The number of piperazine rings is 1. The van der Waals surface area contributed by atoms with E-state index in [1.807, 2.05) is 0 Å². The highest BCUT2D eigenvalue weighted by Crippen LogP contribution is 2.27. The molecular formula is C11H19N5O2. The van der Waals surface area contributed by atoms with Crippen molar-refractivity contribution in [1.29, 1.82) is 0 Å². The van der Waals surface area contributed by atoms with Gasteiger partial charge in [-0.2, -0.15) is 4.98 Å². The summed E-state index contributed by atoms with van der Waals surface area (Å²) in [6.07, 6.45) is 0.734. The second kappa shape index (κ2) is 4.49. The van der Waals surface area contributed by atoms with Crippen LogP contribution in [-0.2, 0) is 10.3 Å². The van der Waals surface area contributed by atoms with Crippen LogP contribution < -0.4 is 10.6 Å². The Balaban J connectivity index is 1.73. The number of aromatic nitrogens is 2. The van der Waals surface area contributed by atoms with Crippen molar-refractivity contribution in [3.8, 4) is 0 Å². The summed E-state index contributed by atoms with van der Waals surface area (Å²) >= 11 is 0. The summed E-state index contributed by atoms with van der Waals surface area (Å²) in [7, 11) is 2.11. The fraction of sp³-hybridized carbons (Fsp3) is 0.818. The largest absolute Gasteiger partial charge is 0.379 e. The minimum absolute atomic E-state index is 0.456. The molecule has 0 spiro atoms. The molecule has 0 radical (unpaired) electrons. The van der Waals surface area contributed by atoms with E-state index >= 15 is 0 Å². The number of hydrogen-bond acceptors (Lipinski definition) is 7. The quantitative estimate of drug-likeness (QED) is 0.753. The summed E-state index contributed by atoms with van der Waals surface area (Å²) in [5.74, 6) is 1.14. The third kappa shape index (κ3) is 2.09. The molecule has 7 heteroatoms. The lowest BCUT2D eigenvalue weighted by molar-refractivity contribution is 0.166. The summed E-state index contributed by atoms with van der Waals surface area (Å²) in [5, 5.41) is 4.04. The van der Waals surface area contributed by atoms with Crippen molar-refractivity contribution in [2.45, 2.75) is 12.0 Å². The van der Waals surface area contributed by atoms with Crippen molar-refractivity contribution in [3.63, 3.8) is 0 Å². The van der Waals surface area contributed by atoms with Crippen LogP contribution in [0, 0.1) is 0 Å². The lowest BCUT2D eigenvalue weighted by atomic mass is 10.0. The minimum Gasteiger partial charge on any atom is -0.379 e. The van der Waals surface area contributed by atoms with E-state index < -0.39 is 5.54 Å². The number of nitrogens with zero attached hydrogens (tertiary/aromatic N) is 4. The SMILES string of the molecule is CN1CCN(c2noc(C3(N)CCOC3)n2)CC1. The van der Waals surface area contributed by atoms with Gasteiger partial charge in [-0.1, -0.05) is 0 Å². The van der Waals surface area contributed by atoms with Gasteiger partial charge in [-0.05, 0) is 18.6 Å². The second-order valence-electron chi connectivity index (χ2n) is 5.15. The molecule has 100 valence electrons. The lowest BCUT2D eigenvalue weighted by Crippen LogP contribution is -2.45. The number of ether oxygens (including phenoxy) is 1. The Morgan fingerprint density at radius 2 is 2.06 bits per heavy atom. The Morgan fingerprint density at radius 3 is 2.72 bits per heavy atom. The van der Waals surface area contributed by atoms with E-state index in [9.17, 15) is 0 Å². The van der Waals surface area contributed by atoms with Gasteiger partial charge >= 0.3 is 0 Å². The Hall–Kier alpha value is -1.18. The van der Waals surface area contributed by atoms with E-state index in [0.29, 0.717) is 25.1 Å². The van der Waals surface area contributed by atoms with Gasteiger partial charge in [0.15, 0.2) is 0 Å². The number of anilines is 1. The molecule has 18 heavy (non-hydrogen) atoms. The monoisotopic (exact) mass is 253 g/mol. The second-order valence-corrected chi connectivity index (χ2v) is 5.15. The van der Waals surface area contributed by atoms with Gasteiger partial charge in [-0.3, -0.25) is 0 Å². The molecule has 2 aliphatic heterocycles. The predicted molar refractivity (Wildman–Crippen MR) is 65.3 cm³/mol. The fourth-order valence-corrected chi connectivity index (χ4v) is 2.30. The van der Waals surface area contributed by atoms with Gasteiger partial charge in [0.05, 0.1) is 6.61 Å². The van der Waals surface area contributed by atoms with Crippen LogP contribution in [0.2, 0.25) is 0 Å². The molecule has 0 amide bonds. The number of likely N-dealkylation sites (N-methyl/N-ethyl adjacent to an activating group) is 1. The normalized spacial score (nSPS) is 30.0. The molecule has 1 unspecified atom stereocenters. The highest BCUT2D eigenvalue weighted by Gasteiger charge is 2.38. The van der Waals surface area contributed by atoms with E-state index in [1.54, 1.807) is 0 Å². The maximum atomic E-state index is 6.20. The van der Waals surface area contributed by atoms with E-state index in [-0.39, 0.29) is 0 Å². The fourth-order valence-electron chi connectivity index (χ4n) is 2.30. The first-order chi connectivity index (χ1) is 8.67. The van der Waals surface area contributed by atoms with Crippen LogP contribution >= 0.6 is 0 Å². The van der Waals surface area contributed by atoms with E-state index in [4.69, 9.17) is 15.0 Å². The van der Waals surface area contributed by atoms with Gasteiger partial charge in [0.1, 0.15) is 5.54 Å². The lowest BCUT2D eigenvalue weighted by Gasteiger charge is -2.31. The average Bonchev–Trinajstić information content (AvgIpc) is 2.99. The van der Waals surface area contributed by atoms with Crippen LogP contribution in [0.3, 0.4) is 0 Å². The maximum absolute atomic E-state index is 6.20. The van der Waals surface area contributed by atoms with Gasteiger partial charge in [0, 0.05) is 32.8 Å². The standard InChI is InChI=1S/C11H19N5O2/c1-15-3-5-16(6-4-15)10-13-9(18-14-10)11(12)2-7-17-8-11/h2-8,12H2,1H3. The van der Waals surface area contributed by atoms with E-state index in [2.05, 4.69) is 27.0 Å². The van der Waals surface area contributed by atoms with Crippen LogP contribution in [0.5, 0.6) is 0 Å². The van der Waals surface area contributed by atoms with Gasteiger partial charge in [0.25, 0.3) is 11.8 Å². The molecule has 1 aromatic rings. The number of hydrogen-bond donors (Lipinski definition) is 1. The smallest absolute Gasteiger partial charge is 0.266 e. The molecule has 1 atom stereocenters. The van der Waals surface area contributed by atoms with Crippen molar-refractivity contribution in [2.24, 2.45) is 5.73 Å². The highest BCUT2D eigenvalue weighted by molar-refractivity contribution is 5.29. The third-order valence-corrected chi connectivity index (χ3v) is 3.68. The molecule has 7 nitrogen and oxygen atoms in total. The molecule has 2 N–H and O–H groups in total. The van der Waals surface area contributed by atoms with Gasteiger partial charge in [-0.15, -0.1) is 0 Å². The van der Waals surface area contributed by atoms with Crippen LogP contribution in [0.4, 0.5) is 5.95 Å². The Bertz CT molecular complexity index is 407. The Labute approximate surface area is 106 Å². The zero-order valence-corrected chi connectivity index (χ0v) is 10.6. The van der Waals surface area contributed by atoms with Crippen LogP contribution in [0.1, 0.15) is 12.3 Å². The van der Waals surface area contributed by atoms with Crippen LogP contribution in [0.25, 0.3) is 0 Å². The molecular weight excluding hydrogens is 234 g/mol. The molecule has 3 heterocycles. The topological polar surface area (TPSA) is 80.7 Å².